The molecule has 0 spiro atoms. The molecule has 0 aromatic carbocycles. The maximum Gasteiger partial charge on any atom is 0.0997 e. The van der Waals surface area contributed by atoms with Crippen LogP contribution < -0.4 is 0 Å². The SMILES string of the molecule is CCC(C)(C)OON(C)C. The summed E-state index contributed by atoms with van der Waals surface area (Å²) in [5.41, 5.74) is -0.190. The molecule has 0 aromatic heterocycles. The molecule has 0 unspecified atom stereocenters. The molecule has 3 heteroatoms. The van der Waals surface area contributed by atoms with Crippen LogP contribution in [-0.2, 0) is 9.88 Å². The molecule has 0 rings (SSSR count). The maximum absolute atomic E-state index is 5.07. The fraction of sp³-hybridized carbons (Fsp3) is 1.00. The van der Waals surface area contributed by atoms with Gasteiger partial charge in [0.2, 0.25) is 0 Å². The van der Waals surface area contributed by atoms with Gasteiger partial charge in [-0.2, -0.15) is 5.06 Å². The molecule has 0 atom stereocenters. The van der Waals surface area contributed by atoms with Crippen molar-refractivity contribution in [2.75, 3.05) is 14.1 Å². The highest BCUT2D eigenvalue weighted by molar-refractivity contribution is 4.61. The number of nitrogens with zero attached hydrogens (tertiary/aromatic N) is 1. The monoisotopic (exact) mass is 147 g/mol. The Morgan fingerprint density at radius 1 is 1.30 bits per heavy atom. The summed E-state index contributed by atoms with van der Waals surface area (Å²) < 4.78 is 0. The molecule has 0 saturated heterocycles. The van der Waals surface area contributed by atoms with Crippen LogP contribution in [0.3, 0.4) is 0 Å². The van der Waals surface area contributed by atoms with Crippen molar-refractivity contribution in [1.82, 2.24) is 5.06 Å². The topological polar surface area (TPSA) is 21.7 Å². The van der Waals surface area contributed by atoms with Crippen LogP contribution in [0.4, 0.5) is 0 Å². The zero-order valence-electron chi connectivity index (χ0n) is 7.47. The van der Waals surface area contributed by atoms with Crippen molar-refractivity contribution in [3.63, 3.8) is 0 Å². The van der Waals surface area contributed by atoms with Crippen LogP contribution in [0.2, 0.25) is 0 Å². The second-order valence-electron chi connectivity index (χ2n) is 3.08. The van der Waals surface area contributed by atoms with E-state index in [1.165, 1.54) is 5.06 Å². The van der Waals surface area contributed by atoms with Crippen LogP contribution in [0, 0.1) is 0 Å². The molecule has 3 nitrogen and oxygen atoms in total. The Morgan fingerprint density at radius 3 is 2.10 bits per heavy atom. The van der Waals surface area contributed by atoms with Crippen molar-refractivity contribution in [3.8, 4) is 0 Å². The number of rotatable bonds is 4. The second-order valence-corrected chi connectivity index (χ2v) is 3.08. The lowest BCUT2D eigenvalue weighted by atomic mass is 10.1. The van der Waals surface area contributed by atoms with E-state index in [-0.39, 0.29) is 5.60 Å². The fourth-order valence-electron chi connectivity index (χ4n) is 0.234. The van der Waals surface area contributed by atoms with Crippen LogP contribution in [-0.4, -0.2) is 24.8 Å². The van der Waals surface area contributed by atoms with Gasteiger partial charge in [-0.15, -0.1) is 4.99 Å². The third-order valence-electron chi connectivity index (χ3n) is 1.26. The average Bonchev–Trinajstić information content (AvgIpc) is 1.85. The summed E-state index contributed by atoms with van der Waals surface area (Å²) >= 11 is 0. The first-order valence-electron chi connectivity index (χ1n) is 3.51. The smallest absolute Gasteiger partial charge is 0.0997 e. The van der Waals surface area contributed by atoms with Crippen LogP contribution in [0.5, 0.6) is 0 Å². The quantitative estimate of drug-likeness (QED) is 0.445. The van der Waals surface area contributed by atoms with E-state index in [9.17, 15) is 0 Å². The molecular weight excluding hydrogens is 130 g/mol. The van der Waals surface area contributed by atoms with E-state index in [4.69, 9.17) is 9.88 Å². The van der Waals surface area contributed by atoms with E-state index in [0.29, 0.717) is 0 Å². The van der Waals surface area contributed by atoms with Gasteiger partial charge < -0.3 is 0 Å². The molecule has 0 aliphatic rings. The highest BCUT2D eigenvalue weighted by Gasteiger charge is 2.17. The Morgan fingerprint density at radius 2 is 1.80 bits per heavy atom. The second kappa shape index (κ2) is 3.91. The zero-order valence-corrected chi connectivity index (χ0v) is 7.47. The molecule has 0 saturated carbocycles. The van der Waals surface area contributed by atoms with Crippen molar-refractivity contribution in [3.05, 3.63) is 0 Å². The summed E-state index contributed by atoms with van der Waals surface area (Å²) in [4.78, 5) is 9.90. The van der Waals surface area contributed by atoms with Crippen LogP contribution in [0.15, 0.2) is 0 Å². The zero-order chi connectivity index (χ0) is 8.20. The van der Waals surface area contributed by atoms with E-state index in [1.54, 1.807) is 14.1 Å². The molecule has 0 radical (unpaired) electrons. The lowest BCUT2D eigenvalue weighted by molar-refractivity contribution is -0.451. The Balaban J connectivity index is 3.46. The summed E-state index contributed by atoms with van der Waals surface area (Å²) in [6.45, 7) is 6.02. The van der Waals surface area contributed by atoms with Crippen molar-refractivity contribution >= 4 is 0 Å². The van der Waals surface area contributed by atoms with E-state index in [0.717, 1.165) is 6.42 Å². The molecule has 0 heterocycles. The van der Waals surface area contributed by atoms with Gasteiger partial charge in [0.1, 0.15) is 0 Å². The number of hydrogen-bond acceptors (Lipinski definition) is 3. The fourth-order valence-corrected chi connectivity index (χ4v) is 0.234. The minimum atomic E-state index is -0.190. The maximum atomic E-state index is 5.07. The highest BCUT2D eigenvalue weighted by atomic mass is 17.3. The minimum absolute atomic E-state index is 0.190. The number of hydroxylamine groups is 2. The van der Waals surface area contributed by atoms with Gasteiger partial charge in [-0.1, -0.05) is 6.92 Å². The van der Waals surface area contributed by atoms with E-state index in [1.807, 2.05) is 13.8 Å². The molecule has 0 amide bonds. The third kappa shape index (κ3) is 4.73. The predicted octanol–water partition coefficient (Wildman–Crippen LogP) is 1.60. The first kappa shape index (κ1) is 9.88. The standard InChI is InChI=1S/C7H17NO2/c1-6-7(2,3)9-10-8(4)5/h6H2,1-5H3. The average molecular weight is 147 g/mol. The largest absolute Gasteiger partial charge is 0.212 e. The molecule has 0 aliphatic heterocycles. The summed E-state index contributed by atoms with van der Waals surface area (Å²) in [5.74, 6) is 0. The van der Waals surface area contributed by atoms with E-state index >= 15 is 0 Å². The Bertz CT molecular complexity index is 91.6. The molecule has 10 heavy (non-hydrogen) atoms. The van der Waals surface area contributed by atoms with Crippen molar-refractivity contribution in [2.24, 2.45) is 0 Å². The van der Waals surface area contributed by atoms with Gasteiger partial charge in [0.05, 0.1) is 5.60 Å². The van der Waals surface area contributed by atoms with Gasteiger partial charge in [-0.3, -0.25) is 0 Å². The molecule has 0 bridgehead atoms. The molecular formula is C7H17NO2. The first-order chi connectivity index (χ1) is 4.48. The van der Waals surface area contributed by atoms with Crippen molar-refractivity contribution in [1.29, 1.82) is 0 Å². The van der Waals surface area contributed by atoms with Crippen molar-refractivity contribution in [2.45, 2.75) is 32.8 Å². The molecule has 0 fully saturated rings. The molecule has 0 aromatic rings. The third-order valence-corrected chi connectivity index (χ3v) is 1.26. The van der Waals surface area contributed by atoms with Gasteiger partial charge in [0.25, 0.3) is 0 Å². The summed E-state index contributed by atoms with van der Waals surface area (Å²) in [6.07, 6.45) is 0.931. The number of hydrogen-bond donors (Lipinski definition) is 0. The van der Waals surface area contributed by atoms with Gasteiger partial charge in [-0.25, -0.2) is 4.89 Å². The Labute approximate surface area is 62.8 Å². The normalized spacial score (nSPS) is 12.6. The van der Waals surface area contributed by atoms with Crippen LogP contribution >= 0.6 is 0 Å². The van der Waals surface area contributed by atoms with Crippen LogP contribution in [0.25, 0.3) is 0 Å². The Kier molecular flexibility index (Phi) is 3.86. The molecule has 0 N–H and O–H groups in total. The van der Waals surface area contributed by atoms with Gasteiger partial charge in [-0.05, 0) is 20.3 Å². The van der Waals surface area contributed by atoms with Crippen LogP contribution in [0.1, 0.15) is 27.2 Å². The minimum Gasteiger partial charge on any atom is -0.212 e. The molecule has 0 aliphatic carbocycles. The van der Waals surface area contributed by atoms with Crippen molar-refractivity contribution < 1.29 is 9.88 Å². The summed E-state index contributed by atoms with van der Waals surface area (Å²) in [7, 11) is 3.57. The van der Waals surface area contributed by atoms with E-state index < -0.39 is 0 Å². The van der Waals surface area contributed by atoms with Gasteiger partial charge >= 0.3 is 0 Å². The lowest BCUT2D eigenvalue weighted by Crippen LogP contribution is -2.27. The van der Waals surface area contributed by atoms with E-state index in [2.05, 4.69) is 6.92 Å². The highest BCUT2D eigenvalue weighted by Crippen LogP contribution is 2.13. The summed E-state index contributed by atoms with van der Waals surface area (Å²) in [6, 6.07) is 0. The predicted molar refractivity (Wildman–Crippen MR) is 40.2 cm³/mol. The van der Waals surface area contributed by atoms with Gasteiger partial charge in [0, 0.05) is 14.1 Å². The first-order valence-corrected chi connectivity index (χ1v) is 3.51. The lowest BCUT2D eigenvalue weighted by Gasteiger charge is -2.22. The van der Waals surface area contributed by atoms with Gasteiger partial charge in [0.15, 0.2) is 0 Å². The summed E-state index contributed by atoms with van der Waals surface area (Å²) in [5, 5.41) is 1.53. The Hall–Kier alpha value is -0.120. The molecule has 62 valence electrons.